The number of likely N-dealkylation sites (N-methyl/N-ethyl adjacent to an activating group) is 1. The Morgan fingerprint density at radius 1 is 1.28 bits per heavy atom. The molecule has 0 spiro atoms. The monoisotopic (exact) mass is 251 g/mol. The first-order valence-corrected chi connectivity index (χ1v) is 6.48. The van der Waals surface area contributed by atoms with E-state index in [1.165, 1.54) is 5.56 Å². The van der Waals surface area contributed by atoms with Crippen LogP contribution in [0.2, 0.25) is 0 Å². The van der Waals surface area contributed by atoms with Gasteiger partial charge in [-0.25, -0.2) is 0 Å². The summed E-state index contributed by atoms with van der Waals surface area (Å²) in [5.41, 5.74) is 3.59. The number of hydrogen-bond acceptors (Lipinski definition) is 3. The Balaban J connectivity index is 2.73. The normalized spacial score (nSPS) is 12.8. The Bertz CT molecular complexity index is 367. The lowest BCUT2D eigenvalue weighted by Crippen LogP contribution is -2.28. The standard InChI is InChI=1S/C15H25NO2/c1-6-14(17)10-16(4)9-13-7-11(2)15(18-5)12(3)8-13/h7-8,14,17H,6,9-10H2,1-5H3. The van der Waals surface area contributed by atoms with Gasteiger partial charge in [0.25, 0.3) is 0 Å². The third kappa shape index (κ3) is 4.00. The highest BCUT2D eigenvalue weighted by atomic mass is 16.5. The van der Waals surface area contributed by atoms with E-state index in [1.54, 1.807) is 7.11 Å². The number of aryl methyl sites for hydroxylation is 2. The molecular weight excluding hydrogens is 226 g/mol. The van der Waals surface area contributed by atoms with Gasteiger partial charge in [-0.2, -0.15) is 0 Å². The summed E-state index contributed by atoms with van der Waals surface area (Å²) >= 11 is 0. The first-order valence-electron chi connectivity index (χ1n) is 6.48. The highest BCUT2D eigenvalue weighted by Crippen LogP contribution is 2.24. The van der Waals surface area contributed by atoms with Crippen molar-refractivity contribution in [2.24, 2.45) is 0 Å². The Labute approximate surface area is 110 Å². The number of ether oxygens (including phenoxy) is 1. The third-order valence-electron chi connectivity index (χ3n) is 3.17. The molecule has 0 aliphatic rings. The molecule has 0 saturated carbocycles. The summed E-state index contributed by atoms with van der Waals surface area (Å²) in [7, 11) is 3.74. The van der Waals surface area contributed by atoms with Crippen molar-refractivity contribution in [1.82, 2.24) is 4.90 Å². The molecule has 0 aromatic heterocycles. The van der Waals surface area contributed by atoms with Crippen molar-refractivity contribution < 1.29 is 9.84 Å². The van der Waals surface area contributed by atoms with Gasteiger partial charge in [0.15, 0.2) is 0 Å². The number of aliphatic hydroxyl groups is 1. The summed E-state index contributed by atoms with van der Waals surface area (Å²) in [6.07, 6.45) is 0.556. The Morgan fingerprint density at radius 3 is 2.28 bits per heavy atom. The smallest absolute Gasteiger partial charge is 0.124 e. The summed E-state index contributed by atoms with van der Waals surface area (Å²) < 4.78 is 5.36. The summed E-state index contributed by atoms with van der Waals surface area (Å²) in [4.78, 5) is 2.15. The van der Waals surface area contributed by atoms with E-state index in [-0.39, 0.29) is 6.10 Å². The van der Waals surface area contributed by atoms with Crippen molar-refractivity contribution in [2.45, 2.75) is 39.8 Å². The molecular formula is C15H25NO2. The topological polar surface area (TPSA) is 32.7 Å². The highest BCUT2D eigenvalue weighted by Gasteiger charge is 2.09. The van der Waals surface area contributed by atoms with Crippen molar-refractivity contribution in [2.75, 3.05) is 20.7 Å². The van der Waals surface area contributed by atoms with Gasteiger partial charge in [-0.05, 0) is 44.0 Å². The zero-order chi connectivity index (χ0) is 13.7. The van der Waals surface area contributed by atoms with E-state index in [4.69, 9.17) is 4.74 Å². The predicted molar refractivity (Wildman–Crippen MR) is 75.1 cm³/mol. The van der Waals surface area contributed by atoms with Crippen molar-refractivity contribution in [3.05, 3.63) is 28.8 Å². The second kappa shape index (κ2) is 6.76. The average molecular weight is 251 g/mol. The molecule has 0 bridgehead atoms. The summed E-state index contributed by atoms with van der Waals surface area (Å²) in [5, 5.41) is 9.64. The van der Waals surface area contributed by atoms with E-state index in [2.05, 4.69) is 30.9 Å². The molecule has 0 saturated heterocycles. The highest BCUT2D eigenvalue weighted by molar-refractivity contribution is 5.43. The minimum Gasteiger partial charge on any atom is -0.496 e. The number of nitrogens with zero attached hydrogens (tertiary/aromatic N) is 1. The molecule has 0 amide bonds. The third-order valence-corrected chi connectivity index (χ3v) is 3.17. The van der Waals surface area contributed by atoms with E-state index in [0.29, 0.717) is 6.54 Å². The molecule has 18 heavy (non-hydrogen) atoms. The zero-order valence-corrected chi connectivity index (χ0v) is 12.2. The Hall–Kier alpha value is -1.06. The molecule has 0 radical (unpaired) electrons. The van der Waals surface area contributed by atoms with Crippen LogP contribution in [0.3, 0.4) is 0 Å². The van der Waals surface area contributed by atoms with E-state index in [9.17, 15) is 5.11 Å². The quantitative estimate of drug-likeness (QED) is 0.843. The molecule has 1 aromatic rings. The minimum absolute atomic E-state index is 0.240. The van der Waals surface area contributed by atoms with Crippen molar-refractivity contribution in [3.8, 4) is 5.75 Å². The molecule has 0 fully saturated rings. The van der Waals surface area contributed by atoms with Crippen LogP contribution >= 0.6 is 0 Å². The van der Waals surface area contributed by atoms with Gasteiger partial charge in [-0.1, -0.05) is 19.1 Å². The first kappa shape index (κ1) is 15.0. The lowest BCUT2D eigenvalue weighted by molar-refractivity contribution is 0.119. The van der Waals surface area contributed by atoms with Gasteiger partial charge < -0.3 is 9.84 Å². The first-order chi connectivity index (χ1) is 8.47. The fraction of sp³-hybridized carbons (Fsp3) is 0.600. The zero-order valence-electron chi connectivity index (χ0n) is 12.2. The largest absolute Gasteiger partial charge is 0.496 e. The van der Waals surface area contributed by atoms with Crippen molar-refractivity contribution in [3.63, 3.8) is 0 Å². The lowest BCUT2D eigenvalue weighted by Gasteiger charge is -2.20. The molecule has 1 aromatic carbocycles. The molecule has 0 aliphatic carbocycles. The van der Waals surface area contributed by atoms with Crippen LogP contribution in [0.5, 0.6) is 5.75 Å². The Kier molecular flexibility index (Phi) is 5.63. The van der Waals surface area contributed by atoms with Crippen molar-refractivity contribution >= 4 is 0 Å². The molecule has 3 nitrogen and oxygen atoms in total. The molecule has 102 valence electrons. The maximum Gasteiger partial charge on any atom is 0.124 e. The number of benzene rings is 1. The fourth-order valence-corrected chi connectivity index (χ4v) is 2.32. The van der Waals surface area contributed by atoms with Crippen LogP contribution in [0.15, 0.2) is 12.1 Å². The van der Waals surface area contributed by atoms with Gasteiger partial charge >= 0.3 is 0 Å². The van der Waals surface area contributed by atoms with Crippen LogP contribution in [-0.2, 0) is 6.54 Å². The van der Waals surface area contributed by atoms with Gasteiger partial charge in [0.05, 0.1) is 13.2 Å². The van der Waals surface area contributed by atoms with Gasteiger partial charge in [0, 0.05) is 13.1 Å². The number of hydrogen-bond donors (Lipinski definition) is 1. The number of rotatable bonds is 6. The van der Waals surface area contributed by atoms with Gasteiger partial charge in [-0.3, -0.25) is 4.90 Å². The minimum atomic E-state index is -0.240. The summed E-state index contributed by atoms with van der Waals surface area (Å²) in [6, 6.07) is 4.31. The Morgan fingerprint density at radius 2 is 1.83 bits per heavy atom. The van der Waals surface area contributed by atoms with E-state index in [1.807, 2.05) is 14.0 Å². The maximum atomic E-state index is 9.64. The molecule has 0 heterocycles. The maximum absolute atomic E-state index is 9.64. The number of methoxy groups -OCH3 is 1. The molecule has 0 aliphatic heterocycles. The van der Waals surface area contributed by atoms with Crippen LogP contribution in [0.25, 0.3) is 0 Å². The molecule has 1 unspecified atom stereocenters. The fourth-order valence-electron chi connectivity index (χ4n) is 2.32. The van der Waals surface area contributed by atoms with Crippen LogP contribution in [0.1, 0.15) is 30.0 Å². The van der Waals surface area contributed by atoms with Crippen LogP contribution in [-0.4, -0.2) is 36.8 Å². The van der Waals surface area contributed by atoms with Gasteiger partial charge in [-0.15, -0.1) is 0 Å². The summed E-state index contributed by atoms with van der Waals surface area (Å²) in [6.45, 7) is 7.69. The molecule has 1 N–H and O–H groups in total. The van der Waals surface area contributed by atoms with Crippen LogP contribution < -0.4 is 4.74 Å². The molecule has 1 rings (SSSR count). The van der Waals surface area contributed by atoms with Gasteiger partial charge in [0.1, 0.15) is 5.75 Å². The van der Waals surface area contributed by atoms with E-state index in [0.717, 1.165) is 29.8 Å². The van der Waals surface area contributed by atoms with Crippen LogP contribution in [0, 0.1) is 13.8 Å². The molecule has 3 heteroatoms. The number of aliphatic hydroxyl groups excluding tert-OH is 1. The SMILES string of the molecule is CCC(O)CN(C)Cc1cc(C)c(OC)c(C)c1. The summed E-state index contributed by atoms with van der Waals surface area (Å²) in [5.74, 6) is 0.968. The van der Waals surface area contributed by atoms with Crippen molar-refractivity contribution in [1.29, 1.82) is 0 Å². The second-order valence-electron chi connectivity index (χ2n) is 5.02. The lowest BCUT2D eigenvalue weighted by atomic mass is 10.1. The second-order valence-corrected chi connectivity index (χ2v) is 5.02. The van der Waals surface area contributed by atoms with Crippen LogP contribution in [0.4, 0.5) is 0 Å². The van der Waals surface area contributed by atoms with Gasteiger partial charge in [0.2, 0.25) is 0 Å². The predicted octanol–water partition coefficient (Wildman–Crippen LogP) is 2.51. The average Bonchev–Trinajstić information content (AvgIpc) is 2.28. The van der Waals surface area contributed by atoms with E-state index < -0.39 is 0 Å². The molecule has 1 atom stereocenters. The van der Waals surface area contributed by atoms with E-state index >= 15 is 0 Å².